The van der Waals surface area contributed by atoms with Crippen LogP contribution < -0.4 is 0 Å². The van der Waals surface area contributed by atoms with E-state index in [0.29, 0.717) is 0 Å². The molecular weight excluding hydrogens is 158 g/mol. The quantitative estimate of drug-likeness (QED) is 0.474. The monoisotopic (exact) mass is 170 g/mol. The van der Waals surface area contributed by atoms with E-state index in [2.05, 4.69) is 0 Å². The zero-order chi connectivity index (χ0) is 2.00. The van der Waals surface area contributed by atoms with Gasteiger partial charge in [-0.1, -0.05) is 13.8 Å². The minimum absolute atomic E-state index is 0. The normalized spacial score (nSPS) is 1.00. The summed E-state index contributed by atoms with van der Waals surface area (Å²) in [5.74, 6) is 0. The van der Waals surface area contributed by atoms with Crippen LogP contribution in [0.25, 0.3) is 0 Å². The summed E-state index contributed by atoms with van der Waals surface area (Å²) in [4.78, 5) is 0. The summed E-state index contributed by atoms with van der Waals surface area (Å²) in [5.41, 5.74) is 0. The molecule has 0 fully saturated rings. The van der Waals surface area contributed by atoms with Crippen molar-refractivity contribution in [2.24, 2.45) is 0 Å². The molecule has 0 heterocycles. The van der Waals surface area contributed by atoms with Crippen LogP contribution in [-0.2, 0) is 0 Å². The lowest BCUT2D eigenvalue weighted by Crippen LogP contribution is -0.856. The van der Waals surface area contributed by atoms with Crippen molar-refractivity contribution in [2.75, 3.05) is 0 Å². The van der Waals surface area contributed by atoms with Crippen LogP contribution >= 0.6 is 37.2 Å². The molecule has 0 atom stereocenters. The fourth-order valence-corrected chi connectivity index (χ4v) is 0. The van der Waals surface area contributed by atoms with Crippen molar-refractivity contribution in [2.45, 2.75) is 13.8 Å². The first-order valence-electron chi connectivity index (χ1n) is 1.00. The molecule has 0 radical (unpaired) electrons. The minimum atomic E-state index is 0. The Morgan fingerprint density at radius 1 is 0.667 bits per heavy atom. The zero-order valence-electron chi connectivity index (χ0n) is 3.22. The summed E-state index contributed by atoms with van der Waals surface area (Å²) in [6.07, 6.45) is 0. The van der Waals surface area contributed by atoms with Crippen LogP contribution in [0.2, 0.25) is 0 Å². The molecule has 0 aliphatic rings. The second-order valence-electron chi connectivity index (χ2n) is 0. The van der Waals surface area contributed by atoms with Crippen molar-refractivity contribution in [1.29, 1.82) is 0 Å². The molecule has 0 unspecified atom stereocenters. The number of hydrogen-bond donors (Lipinski definition) is 0. The Balaban J connectivity index is -0.000000000833. The summed E-state index contributed by atoms with van der Waals surface area (Å²) in [7, 11) is 0. The van der Waals surface area contributed by atoms with Gasteiger partial charge in [0.25, 0.3) is 0 Å². The van der Waals surface area contributed by atoms with Crippen LogP contribution in [0.15, 0.2) is 0 Å². The highest BCUT2D eigenvalue weighted by Crippen LogP contribution is 1.14. The van der Waals surface area contributed by atoms with Gasteiger partial charge in [-0.05, 0) is 11.0 Å². The van der Waals surface area contributed by atoms with E-state index in [0.717, 1.165) is 0 Å². The van der Waals surface area contributed by atoms with Crippen LogP contribution in [0, 0.1) is 0 Å². The van der Waals surface area contributed by atoms with Gasteiger partial charge in [-0.3, -0.25) is 0 Å². The standard InChI is InChI=1S/C2H6.3ClH.H4Si/c1-2;;;;/h1-2H3;3*1H;1H4. The van der Waals surface area contributed by atoms with Crippen molar-refractivity contribution < 1.29 is 0 Å². The van der Waals surface area contributed by atoms with E-state index in [1.165, 1.54) is 0 Å². The van der Waals surface area contributed by atoms with Gasteiger partial charge in [0.1, 0.15) is 0 Å². The predicted molar refractivity (Wildman–Crippen MR) is 44.4 cm³/mol. The van der Waals surface area contributed by atoms with E-state index >= 15 is 0 Å². The Morgan fingerprint density at radius 2 is 0.667 bits per heavy atom. The van der Waals surface area contributed by atoms with E-state index in [-0.39, 0.29) is 48.2 Å². The number of rotatable bonds is 0. The maximum Gasteiger partial charge on any atom is -0.0149 e. The summed E-state index contributed by atoms with van der Waals surface area (Å²) in [5, 5.41) is 0. The van der Waals surface area contributed by atoms with E-state index in [1.807, 2.05) is 13.8 Å². The van der Waals surface area contributed by atoms with Crippen molar-refractivity contribution in [3.05, 3.63) is 0 Å². The van der Waals surface area contributed by atoms with Gasteiger partial charge in [0.2, 0.25) is 0 Å². The molecule has 0 rings (SSSR count). The topological polar surface area (TPSA) is 0 Å². The van der Waals surface area contributed by atoms with Crippen LogP contribution in [-0.4, -0.2) is 11.0 Å². The fraction of sp³-hybridized carbons (Fsp3) is 1.00. The third-order valence-electron chi connectivity index (χ3n) is 0. The maximum absolute atomic E-state index is 2.00. The Labute approximate surface area is 62.3 Å². The molecule has 0 saturated heterocycles. The van der Waals surface area contributed by atoms with Crippen molar-refractivity contribution in [3.63, 3.8) is 0 Å². The molecule has 46 valence electrons. The Kier molecular flexibility index (Phi) is 1340. The largest absolute Gasteiger partial charge is 0.147 e. The molecule has 0 spiro atoms. The molecule has 0 N–H and O–H groups in total. The van der Waals surface area contributed by atoms with E-state index in [4.69, 9.17) is 0 Å². The summed E-state index contributed by atoms with van der Waals surface area (Å²) in [6, 6.07) is 0. The van der Waals surface area contributed by atoms with E-state index in [1.54, 1.807) is 0 Å². The van der Waals surface area contributed by atoms with Gasteiger partial charge in [-0.2, -0.15) is 0 Å². The Hall–Kier alpha value is 1.09. The Morgan fingerprint density at radius 3 is 0.667 bits per heavy atom. The highest BCUT2D eigenvalue weighted by Gasteiger charge is 0.932. The first kappa shape index (κ1) is 60.3. The average Bonchev–Trinajstić information content (AvgIpc) is 1.00. The molecular formula is C2H13Cl3Si. The van der Waals surface area contributed by atoms with Gasteiger partial charge in [0.15, 0.2) is 0 Å². The maximum atomic E-state index is 2.00. The third-order valence-corrected chi connectivity index (χ3v) is 0. The van der Waals surface area contributed by atoms with Gasteiger partial charge < -0.3 is 0 Å². The van der Waals surface area contributed by atoms with E-state index in [9.17, 15) is 0 Å². The number of hydrogen-bond acceptors (Lipinski definition) is 0. The van der Waals surface area contributed by atoms with Gasteiger partial charge in [0.05, 0.1) is 0 Å². The second-order valence-corrected chi connectivity index (χ2v) is 0. The molecule has 0 aliphatic carbocycles. The third kappa shape index (κ3) is 71.9. The summed E-state index contributed by atoms with van der Waals surface area (Å²) in [6.45, 7) is 4.00. The number of halogens is 3. The van der Waals surface area contributed by atoms with Crippen molar-refractivity contribution in [1.82, 2.24) is 0 Å². The van der Waals surface area contributed by atoms with Gasteiger partial charge in [-0.25, -0.2) is 0 Å². The first-order valence-corrected chi connectivity index (χ1v) is 1.00. The molecule has 0 aromatic rings. The van der Waals surface area contributed by atoms with Gasteiger partial charge in [0, 0.05) is 0 Å². The molecule has 6 heavy (non-hydrogen) atoms. The van der Waals surface area contributed by atoms with Crippen LogP contribution in [0.5, 0.6) is 0 Å². The van der Waals surface area contributed by atoms with E-state index < -0.39 is 0 Å². The molecule has 0 aliphatic heterocycles. The van der Waals surface area contributed by atoms with Gasteiger partial charge in [-0.15, -0.1) is 37.2 Å². The van der Waals surface area contributed by atoms with Crippen LogP contribution in [0.1, 0.15) is 13.8 Å². The molecule has 4 heteroatoms. The molecule has 0 nitrogen and oxygen atoms in total. The molecule has 0 aromatic heterocycles. The zero-order valence-corrected chi connectivity index (χ0v) is 5.67. The lowest BCUT2D eigenvalue weighted by Gasteiger charge is -1.07. The summed E-state index contributed by atoms with van der Waals surface area (Å²) < 4.78 is 0. The molecule has 0 aromatic carbocycles. The molecule has 0 amide bonds. The average molecular weight is 172 g/mol. The smallest absolute Gasteiger partial charge is 0.0149 e. The fourth-order valence-electron chi connectivity index (χ4n) is 0. The SMILES string of the molecule is CC.Cl.Cl.Cl.[SiH4]. The predicted octanol–water partition coefficient (Wildman–Crippen LogP) is 0.840. The second kappa shape index (κ2) is 133. The van der Waals surface area contributed by atoms with Crippen LogP contribution in [0.4, 0.5) is 0 Å². The lowest BCUT2D eigenvalue weighted by atomic mass is 11.0. The van der Waals surface area contributed by atoms with Crippen molar-refractivity contribution in [3.8, 4) is 0 Å². The highest BCUT2D eigenvalue weighted by molar-refractivity contribution is 5.86. The highest BCUT2D eigenvalue weighted by atomic mass is 35.5. The Bertz CT molecular complexity index is 8.75. The first-order chi connectivity index (χ1) is 1.00. The molecule has 0 saturated carbocycles. The van der Waals surface area contributed by atoms with Crippen LogP contribution in [0.3, 0.4) is 0 Å². The lowest BCUT2D eigenvalue weighted by molar-refractivity contribution is 1.50. The molecule has 0 bridgehead atoms. The minimum Gasteiger partial charge on any atom is -0.147 e. The van der Waals surface area contributed by atoms with Gasteiger partial charge >= 0.3 is 0 Å². The summed E-state index contributed by atoms with van der Waals surface area (Å²) >= 11 is 0. The van der Waals surface area contributed by atoms with Crippen molar-refractivity contribution >= 4 is 48.2 Å².